The number of aromatic nitrogens is 2. The van der Waals surface area contributed by atoms with Crippen LogP contribution < -0.4 is 0 Å². The van der Waals surface area contributed by atoms with E-state index in [1.807, 2.05) is 12.4 Å². The van der Waals surface area contributed by atoms with Gasteiger partial charge in [0.05, 0.1) is 0 Å². The second-order valence-electron chi connectivity index (χ2n) is 11.0. The van der Waals surface area contributed by atoms with Crippen molar-refractivity contribution in [1.82, 2.24) is 9.97 Å². The van der Waals surface area contributed by atoms with Gasteiger partial charge in [0.1, 0.15) is 5.82 Å². The van der Waals surface area contributed by atoms with Crippen LogP contribution in [0.3, 0.4) is 0 Å². The first-order valence-corrected chi connectivity index (χ1v) is 11.5. The van der Waals surface area contributed by atoms with Crippen LogP contribution >= 0.6 is 0 Å². The Labute approximate surface area is 181 Å². The Hall–Kier alpha value is -2.35. The van der Waals surface area contributed by atoms with Crippen molar-refractivity contribution >= 4 is 0 Å². The highest BCUT2D eigenvalue weighted by Gasteiger charge is 2.48. The van der Waals surface area contributed by atoms with Crippen LogP contribution in [0.2, 0.25) is 0 Å². The average molecular weight is 399 g/mol. The van der Waals surface area contributed by atoms with Crippen LogP contribution in [0.15, 0.2) is 48.8 Å². The number of rotatable bonds is 4. The largest absolute Gasteiger partial charge is 0.348 e. The third kappa shape index (κ3) is 3.12. The van der Waals surface area contributed by atoms with Gasteiger partial charge in [-0.2, -0.15) is 0 Å². The van der Waals surface area contributed by atoms with Crippen molar-refractivity contribution in [2.45, 2.75) is 83.0 Å². The van der Waals surface area contributed by atoms with Crippen molar-refractivity contribution in [3.63, 3.8) is 0 Å². The van der Waals surface area contributed by atoms with E-state index in [2.05, 4.69) is 81.0 Å². The van der Waals surface area contributed by atoms with Gasteiger partial charge in [-0.1, -0.05) is 64.1 Å². The molecule has 30 heavy (non-hydrogen) atoms. The van der Waals surface area contributed by atoms with Gasteiger partial charge < -0.3 is 4.98 Å². The molecule has 0 aliphatic heterocycles. The van der Waals surface area contributed by atoms with E-state index in [-0.39, 0.29) is 16.2 Å². The van der Waals surface area contributed by atoms with E-state index in [0.29, 0.717) is 0 Å². The highest BCUT2D eigenvalue weighted by atomic mass is 14.9. The van der Waals surface area contributed by atoms with Crippen LogP contribution in [-0.4, -0.2) is 9.97 Å². The molecule has 1 saturated carbocycles. The van der Waals surface area contributed by atoms with Gasteiger partial charge in [-0.3, -0.25) is 0 Å². The average Bonchev–Trinajstić information content (AvgIpc) is 3.35. The molecular weight excluding hydrogens is 364 g/mol. The number of H-pyrrole nitrogens is 1. The maximum Gasteiger partial charge on any atom is 0.110 e. The summed E-state index contributed by atoms with van der Waals surface area (Å²) >= 11 is 0. The SMILES string of the molecule is Cc1cc2c(cc1C1(c3ccc(Cc4ncc[nH]4)cc3)CC1)C(C)(C)CCC2(C)C. The number of nitrogens with zero attached hydrogens (tertiary/aromatic N) is 1. The van der Waals surface area contributed by atoms with E-state index in [1.54, 1.807) is 16.7 Å². The Kier molecular flexibility index (Phi) is 4.29. The molecule has 2 aliphatic rings. The van der Waals surface area contributed by atoms with Crippen molar-refractivity contribution in [2.24, 2.45) is 0 Å². The lowest BCUT2D eigenvalue weighted by atomic mass is 9.62. The predicted molar refractivity (Wildman–Crippen MR) is 124 cm³/mol. The van der Waals surface area contributed by atoms with Crippen LogP contribution in [0.5, 0.6) is 0 Å². The zero-order chi connectivity index (χ0) is 21.1. The van der Waals surface area contributed by atoms with E-state index in [4.69, 9.17) is 0 Å². The fraction of sp³-hybridized carbons (Fsp3) is 0.464. The summed E-state index contributed by atoms with van der Waals surface area (Å²) < 4.78 is 0. The number of hydrogen-bond donors (Lipinski definition) is 1. The summed E-state index contributed by atoms with van der Waals surface area (Å²) in [4.78, 5) is 7.57. The number of nitrogens with one attached hydrogen (secondary N) is 1. The summed E-state index contributed by atoms with van der Waals surface area (Å²) in [5.74, 6) is 1.03. The monoisotopic (exact) mass is 398 g/mol. The maximum atomic E-state index is 4.36. The molecule has 156 valence electrons. The van der Waals surface area contributed by atoms with E-state index in [0.717, 1.165) is 12.2 Å². The third-order valence-electron chi connectivity index (χ3n) is 7.90. The minimum absolute atomic E-state index is 0.208. The van der Waals surface area contributed by atoms with E-state index in [9.17, 15) is 0 Å². The van der Waals surface area contributed by atoms with Crippen molar-refractivity contribution < 1.29 is 0 Å². The smallest absolute Gasteiger partial charge is 0.110 e. The summed E-state index contributed by atoms with van der Waals surface area (Å²) in [5, 5.41) is 0. The van der Waals surface area contributed by atoms with Crippen molar-refractivity contribution in [3.05, 3.63) is 88.0 Å². The zero-order valence-corrected chi connectivity index (χ0v) is 19.1. The molecule has 0 radical (unpaired) electrons. The first-order valence-electron chi connectivity index (χ1n) is 11.5. The highest BCUT2D eigenvalue weighted by molar-refractivity contribution is 5.55. The molecule has 2 nitrogen and oxygen atoms in total. The fourth-order valence-electron chi connectivity index (χ4n) is 5.61. The van der Waals surface area contributed by atoms with E-state index in [1.165, 1.54) is 42.4 Å². The first-order chi connectivity index (χ1) is 14.2. The molecule has 1 heterocycles. The Balaban J connectivity index is 1.52. The minimum Gasteiger partial charge on any atom is -0.348 e. The summed E-state index contributed by atoms with van der Waals surface area (Å²) in [5.41, 5.74) is 9.72. The van der Waals surface area contributed by atoms with Crippen LogP contribution in [0.1, 0.15) is 92.6 Å². The Morgan fingerprint density at radius 2 is 1.47 bits per heavy atom. The van der Waals surface area contributed by atoms with Crippen molar-refractivity contribution in [2.75, 3.05) is 0 Å². The van der Waals surface area contributed by atoms with Crippen molar-refractivity contribution in [1.29, 1.82) is 0 Å². The second-order valence-corrected chi connectivity index (χ2v) is 11.0. The van der Waals surface area contributed by atoms with Crippen molar-refractivity contribution in [3.8, 4) is 0 Å². The molecular formula is C28H34N2. The van der Waals surface area contributed by atoms with Gasteiger partial charge in [-0.15, -0.1) is 0 Å². The second kappa shape index (κ2) is 6.57. The van der Waals surface area contributed by atoms with Gasteiger partial charge >= 0.3 is 0 Å². The normalized spacial score (nSPS) is 20.6. The number of aromatic amines is 1. The fourth-order valence-corrected chi connectivity index (χ4v) is 5.61. The van der Waals surface area contributed by atoms with Gasteiger partial charge in [0.2, 0.25) is 0 Å². The molecule has 3 aromatic rings. The number of imidazole rings is 1. The summed E-state index contributed by atoms with van der Waals surface area (Å²) in [6.07, 6.45) is 9.64. The summed E-state index contributed by atoms with van der Waals surface area (Å²) in [6, 6.07) is 14.4. The summed E-state index contributed by atoms with van der Waals surface area (Å²) in [6.45, 7) is 12.0. The van der Waals surface area contributed by atoms with Gasteiger partial charge in [0.15, 0.2) is 0 Å². The lowest BCUT2D eigenvalue weighted by molar-refractivity contribution is 0.331. The highest BCUT2D eigenvalue weighted by Crippen LogP contribution is 2.56. The third-order valence-corrected chi connectivity index (χ3v) is 7.90. The molecule has 0 saturated heterocycles. The van der Waals surface area contributed by atoms with Gasteiger partial charge in [-0.25, -0.2) is 4.98 Å². The molecule has 0 atom stereocenters. The standard InChI is InChI=1S/C28H34N2/c1-19-16-23-24(27(4,5)11-10-26(23,2)3)18-22(19)28(12-13-28)21-8-6-20(7-9-21)17-25-29-14-15-30-25/h6-9,14-16,18H,10-13,17H2,1-5H3,(H,29,30). The lowest BCUT2D eigenvalue weighted by Crippen LogP contribution is -2.34. The zero-order valence-electron chi connectivity index (χ0n) is 19.1. The summed E-state index contributed by atoms with van der Waals surface area (Å²) in [7, 11) is 0. The molecule has 0 spiro atoms. The number of fused-ring (bicyclic) bond motifs is 1. The Morgan fingerprint density at radius 1 is 0.833 bits per heavy atom. The Bertz CT molecular complexity index is 1060. The quantitative estimate of drug-likeness (QED) is 0.518. The van der Waals surface area contributed by atoms with Crippen LogP contribution in [0, 0.1) is 6.92 Å². The molecule has 1 N–H and O–H groups in total. The molecule has 5 rings (SSSR count). The van der Waals surface area contributed by atoms with Crippen LogP contribution in [0.25, 0.3) is 0 Å². The van der Waals surface area contributed by atoms with Gasteiger partial charge in [0.25, 0.3) is 0 Å². The predicted octanol–water partition coefficient (Wildman–Crippen LogP) is 6.74. The number of hydrogen-bond acceptors (Lipinski definition) is 1. The molecule has 1 fully saturated rings. The van der Waals surface area contributed by atoms with Gasteiger partial charge in [-0.05, 0) is 76.8 Å². The van der Waals surface area contributed by atoms with E-state index >= 15 is 0 Å². The van der Waals surface area contributed by atoms with Gasteiger partial charge in [0, 0.05) is 24.2 Å². The maximum absolute atomic E-state index is 4.36. The number of benzene rings is 2. The lowest BCUT2D eigenvalue weighted by Gasteiger charge is -2.43. The molecule has 2 aromatic carbocycles. The topological polar surface area (TPSA) is 28.7 Å². The molecule has 2 heteroatoms. The number of aryl methyl sites for hydroxylation is 1. The van der Waals surface area contributed by atoms with E-state index < -0.39 is 0 Å². The molecule has 2 aliphatic carbocycles. The van der Waals surface area contributed by atoms with Crippen LogP contribution in [-0.2, 0) is 22.7 Å². The van der Waals surface area contributed by atoms with Crippen LogP contribution in [0.4, 0.5) is 0 Å². The minimum atomic E-state index is 0.208. The molecule has 1 aromatic heterocycles. The molecule has 0 unspecified atom stereocenters. The molecule has 0 amide bonds. The first kappa shape index (κ1) is 19.6. The Morgan fingerprint density at radius 3 is 2.03 bits per heavy atom. The molecule has 0 bridgehead atoms.